The lowest BCUT2D eigenvalue weighted by atomic mass is 9.85. The summed E-state index contributed by atoms with van der Waals surface area (Å²) in [6.45, 7) is 6.00. The van der Waals surface area contributed by atoms with Crippen LogP contribution in [0.3, 0.4) is 0 Å². The van der Waals surface area contributed by atoms with Crippen molar-refractivity contribution in [1.82, 2.24) is 9.55 Å². The van der Waals surface area contributed by atoms with Crippen LogP contribution in [0.4, 0.5) is 0 Å². The molecule has 1 unspecified atom stereocenters. The molecule has 152 valence electrons. The van der Waals surface area contributed by atoms with Crippen LogP contribution in [0, 0.1) is 6.92 Å². The van der Waals surface area contributed by atoms with E-state index in [2.05, 4.69) is 20.9 Å². The topological polar surface area (TPSA) is 55.1 Å². The molecule has 4 nitrogen and oxygen atoms in total. The molecule has 1 aromatic heterocycles. The van der Waals surface area contributed by atoms with Gasteiger partial charge in [0.25, 0.3) is 0 Å². The maximum Gasteiger partial charge on any atom is 0.356 e. The minimum absolute atomic E-state index is 0.0226. The summed E-state index contributed by atoms with van der Waals surface area (Å²) >= 11 is 15.8. The largest absolute Gasteiger partial charge is 0.476 e. The van der Waals surface area contributed by atoms with Gasteiger partial charge in [-0.05, 0) is 84.1 Å². The normalized spacial score (nSPS) is 12.4. The van der Waals surface area contributed by atoms with Crippen LogP contribution in [0.5, 0.6) is 0 Å². The van der Waals surface area contributed by atoms with E-state index in [-0.39, 0.29) is 17.7 Å². The average molecular weight is 496 g/mol. The Morgan fingerprint density at radius 2 is 1.86 bits per heavy atom. The molecule has 0 aliphatic carbocycles. The Labute approximate surface area is 188 Å². The van der Waals surface area contributed by atoms with Crippen molar-refractivity contribution < 1.29 is 9.90 Å². The molecular weight excluding hydrogens is 475 g/mol. The molecular formula is C22H21BrCl2N2O2. The Hall–Kier alpha value is -1.82. The molecule has 1 heterocycles. The number of benzene rings is 2. The summed E-state index contributed by atoms with van der Waals surface area (Å²) < 4.78 is 2.44. The zero-order valence-electron chi connectivity index (χ0n) is 16.3. The van der Waals surface area contributed by atoms with Crippen molar-refractivity contribution in [2.75, 3.05) is 0 Å². The molecule has 29 heavy (non-hydrogen) atoms. The van der Waals surface area contributed by atoms with Gasteiger partial charge in [-0.3, -0.25) is 0 Å². The van der Waals surface area contributed by atoms with Gasteiger partial charge in [-0.15, -0.1) is 0 Å². The van der Waals surface area contributed by atoms with Gasteiger partial charge in [0.05, 0.1) is 5.69 Å². The van der Waals surface area contributed by atoms with Gasteiger partial charge in [-0.1, -0.05) is 41.4 Å². The van der Waals surface area contributed by atoms with E-state index in [1.165, 1.54) is 0 Å². The van der Waals surface area contributed by atoms with Crippen LogP contribution >= 0.6 is 39.1 Å². The number of aromatic nitrogens is 2. The number of carboxylic acid groups (broad SMARTS) is 1. The van der Waals surface area contributed by atoms with Crippen LogP contribution in [0.25, 0.3) is 0 Å². The first kappa shape index (κ1) is 21.9. The van der Waals surface area contributed by atoms with Gasteiger partial charge >= 0.3 is 5.97 Å². The minimum atomic E-state index is -1.05. The van der Waals surface area contributed by atoms with Gasteiger partial charge in [-0.2, -0.15) is 0 Å². The van der Waals surface area contributed by atoms with E-state index in [4.69, 9.17) is 23.2 Å². The smallest absolute Gasteiger partial charge is 0.356 e. The molecule has 0 spiro atoms. The summed E-state index contributed by atoms with van der Waals surface area (Å²) in [6.07, 6.45) is 0.578. The van der Waals surface area contributed by atoms with E-state index in [0.29, 0.717) is 26.9 Å². The van der Waals surface area contributed by atoms with E-state index in [1.807, 2.05) is 67.8 Å². The highest BCUT2D eigenvalue weighted by atomic mass is 79.9. The predicted octanol–water partition coefficient (Wildman–Crippen LogP) is 6.91. The number of aromatic carboxylic acids is 1. The Morgan fingerprint density at radius 1 is 1.17 bits per heavy atom. The fraction of sp³-hybridized carbons (Fsp3) is 0.273. The monoisotopic (exact) mass is 494 g/mol. The molecule has 0 saturated carbocycles. The van der Waals surface area contributed by atoms with Gasteiger partial charge < -0.3 is 9.67 Å². The number of aryl methyl sites for hydroxylation is 1. The first-order chi connectivity index (χ1) is 13.7. The molecule has 0 fully saturated rings. The molecule has 0 aliphatic heterocycles. The molecule has 1 atom stereocenters. The second-order valence-corrected chi connectivity index (χ2v) is 8.85. The SMILES string of the molecule is Cc1cc(Cl)ccc1C(Cc1cccc(Cl)c1)c1c(C(=O)O)nc(Br)n1C(C)C. The number of hydrogen-bond acceptors (Lipinski definition) is 2. The Bertz CT molecular complexity index is 1060. The van der Waals surface area contributed by atoms with Crippen molar-refractivity contribution >= 4 is 45.1 Å². The standard InChI is InChI=1S/C22H21BrCl2N2O2/c1-12(2)27-20(19(21(28)29)26-22(27)23)18(11-14-5-4-6-15(24)10-14)17-8-7-16(25)9-13(17)3/h4-10,12,18H,11H2,1-3H3,(H,28,29). The van der Waals surface area contributed by atoms with Crippen LogP contribution in [-0.2, 0) is 6.42 Å². The third kappa shape index (κ3) is 4.68. The van der Waals surface area contributed by atoms with Gasteiger partial charge in [0.1, 0.15) is 0 Å². The highest BCUT2D eigenvalue weighted by molar-refractivity contribution is 9.10. The van der Waals surface area contributed by atoms with E-state index < -0.39 is 5.97 Å². The van der Waals surface area contributed by atoms with Crippen LogP contribution in [0.2, 0.25) is 10.0 Å². The van der Waals surface area contributed by atoms with Crippen LogP contribution in [-0.4, -0.2) is 20.6 Å². The summed E-state index contributed by atoms with van der Waals surface area (Å²) in [4.78, 5) is 16.4. The Morgan fingerprint density at radius 3 is 2.45 bits per heavy atom. The molecule has 0 amide bonds. The van der Waals surface area contributed by atoms with E-state index in [1.54, 1.807) is 0 Å². The number of carbonyl (C=O) groups is 1. The Kier molecular flexibility index (Phi) is 6.72. The number of hydrogen-bond donors (Lipinski definition) is 1. The highest BCUT2D eigenvalue weighted by Crippen LogP contribution is 2.37. The fourth-order valence-corrected chi connectivity index (χ4v) is 4.90. The lowest BCUT2D eigenvalue weighted by Gasteiger charge is -2.24. The van der Waals surface area contributed by atoms with Gasteiger partial charge in [-0.25, -0.2) is 9.78 Å². The molecule has 0 radical (unpaired) electrons. The van der Waals surface area contributed by atoms with E-state index in [9.17, 15) is 9.90 Å². The van der Waals surface area contributed by atoms with Crippen molar-refractivity contribution in [3.05, 3.63) is 85.3 Å². The summed E-state index contributed by atoms with van der Waals surface area (Å²) in [5, 5.41) is 11.2. The lowest BCUT2D eigenvalue weighted by molar-refractivity contribution is 0.0689. The minimum Gasteiger partial charge on any atom is -0.476 e. The second kappa shape index (κ2) is 8.90. The predicted molar refractivity (Wildman–Crippen MR) is 120 cm³/mol. The molecule has 0 aliphatic rings. The van der Waals surface area contributed by atoms with Crippen molar-refractivity contribution in [3.63, 3.8) is 0 Å². The van der Waals surface area contributed by atoms with Crippen molar-refractivity contribution in [1.29, 1.82) is 0 Å². The maximum atomic E-state index is 12.1. The number of rotatable bonds is 6. The molecule has 0 saturated heterocycles. The zero-order valence-corrected chi connectivity index (χ0v) is 19.4. The fourth-order valence-electron chi connectivity index (χ4n) is 3.68. The van der Waals surface area contributed by atoms with Gasteiger partial charge in [0.15, 0.2) is 10.4 Å². The molecule has 2 aromatic carbocycles. The van der Waals surface area contributed by atoms with Crippen molar-refractivity contribution in [3.8, 4) is 0 Å². The third-order valence-electron chi connectivity index (χ3n) is 4.89. The zero-order chi connectivity index (χ0) is 21.3. The number of imidazole rings is 1. The van der Waals surface area contributed by atoms with Gasteiger partial charge in [0, 0.05) is 22.0 Å². The highest BCUT2D eigenvalue weighted by Gasteiger charge is 2.30. The van der Waals surface area contributed by atoms with Crippen molar-refractivity contribution in [2.45, 2.75) is 39.2 Å². The summed E-state index contributed by atoms with van der Waals surface area (Å²) in [5.41, 5.74) is 3.72. The Balaban J connectivity index is 2.27. The average Bonchev–Trinajstić information content (AvgIpc) is 2.98. The lowest BCUT2D eigenvalue weighted by Crippen LogP contribution is -2.18. The number of halogens is 3. The van der Waals surface area contributed by atoms with Crippen LogP contribution in [0.1, 0.15) is 58.7 Å². The molecule has 7 heteroatoms. The molecule has 1 N–H and O–H groups in total. The third-order valence-corrected chi connectivity index (χ3v) is 5.92. The molecule has 3 rings (SSSR count). The second-order valence-electron chi connectivity index (χ2n) is 7.27. The van der Waals surface area contributed by atoms with Crippen LogP contribution < -0.4 is 0 Å². The molecule has 3 aromatic rings. The molecule has 0 bridgehead atoms. The van der Waals surface area contributed by atoms with Gasteiger partial charge in [0.2, 0.25) is 0 Å². The number of carboxylic acids is 1. The summed E-state index contributed by atoms with van der Waals surface area (Å²) in [6, 6.07) is 13.3. The van der Waals surface area contributed by atoms with Crippen LogP contribution in [0.15, 0.2) is 47.2 Å². The van der Waals surface area contributed by atoms with E-state index >= 15 is 0 Å². The number of nitrogens with zero attached hydrogens (tertiary/aromatic N) is 2. The maximum absolute atomic E-state index is 12.1. The van der Waals surface area contributed by atoms with E-state index in [0.717, 1.165) is 16.7 Å². The quantitative estimate of drug-likeness (QED) is 0.404. The summed E-state index contributed by atoms with van der Waals surface area (Å²) in [7, 11) is 0. The first-order valence-electron chi connectivity index (χ1n) is 9.20. The van der Waals surface area contributed by atoms with Crippen molar-refractivity contribution in [2.24, 2.45) is 0 Å². The first-order valence-corrected chi connectivity index (χ1v) is 10.7. The summed E-state index contributed by atoms with van der Waals surface area (Å²) in [5.74, 6) is -1.29.